The first-order valence-corrected chi connectivity index (χ1v) is 7.88. The molecule has 1 fully saturated rings. The minimum atomic E-state index is -0.401. The Labute approximate surface area is 137 Å². The molecule has 2 aromatic heterocycles. The zero-order valence-electron chi connectivity index (χ0n) is 14.3. The summed E-state index contributed by atoms with van der Waals surface area (Å²) in [6.45, 7) is 6.10. The molecule has 24 heavy (non-hydrogen) atoms. The van der Waals surface area contributed by atoms with Crippen LogP contribution in [0.2, 0.25) is 0 Å². The topological polar surface area (TPSA) is 97.7 Å². The van der Waals surface area contributed by atoms with E-state index in [1.807, 2.05) is 23.3 Å². The first-order chi connectivity index (χ1) is 11.4. The van der Waals surface area contributed by atoms with E-state index in [-0.39, 0.29) is 11.6 Å². The molecule has 0 atom stereocenters. The summed E-state index contributed by atoms with van der Waals surface area (Å²) in [5.41, 5.74) is 0.0412. The van der Waals surface area contributed by atoms with E-state index in [0.29, 0.717) is 43.3 Å². The fourth-order valence-electron chi connectivity index (χ4n) is 3.09. The zero-order valence-corrected chi connectivity index (χ0v) is 14.3. The lowest BCUT2D eigenvalue weighted by Crippen LogP contribution is -2.45. The van der Waals surface area contributed by atoms with E-state index >= 15 is 0 Å². The standard InChI is InChI=1S/C14H21N7O3/c1-9(2)21-10-11(17(3)14(23)18(4)12(10)22)15-13(21)19-5-7-20(16-24)8-6-19/h9H,5-8H2,1-4H3. The van der Waals surface area contributed by atoms with E-state index in [0.717, 1.165) is 4.57 Å². The average molecular weight is 335 g/mol. The lowest BCUT2D eigenvalue weighted by atomic mass is 10.3. The summed E-state index contributed by atoms with van der Waals surface area (Å²) < 4.78 is 4.35. The molecule has 10 heteroatoms. The Hall–Kier alpha value is -2.65. The van der Waals surface area contributed by atoms with Gasteiger partial charge in [-0.05, 0) is 13.8 Å². The van der Waals surface area contributed by atoms with Gasteiger partial charge in [0.15, 0.2) is 11.2 Å². The number of nitrogens with zero attached hydrogens (tertiary/aromatic N) is 7. The first kappa shape index (κ1) is 16.2. The van der Waals surface area contributed by atoms with Crippen LogP contribution in [0.15, 0.2) is 14.9 Å². The number of aryl methyl sites for hydroxylation is 1. The van der Waals surface area contributed by atoms with E-state index in [4.69, 9.17) is 0 Å². The Kier molecular flexibility index (Phi) is 3.90. The van der Waals surface area contributed by atoms with Crippen molar-refractivity contribution in [2.45, 2.75) is 19.9 Å². The van der Waals surface area contributed by atoms with Crippen molar-refractivity contribution in [1.29, 1.82) is 0 Å². The maximum atomic E-state index is 12.6. The number of imidazole rings is 1. The Morgan fingerprint density at radius 2 is 1.67 bits per heavy atom. The number of rotatable bonds is 3. The van der Waals surface area contributed by atoms with Crippen LogP contribution < -0.4 is 16.1 Å². The number of nitroso groups, excluding NO2 is 1. The molecule has 1 aliphatic heterocycles. The summed E-state index contributed by atoms with van der Waals surface area (Å²) in [5.74, 6) is 0.642. The van der Waals surface area contributed by atoms with Gasteiger partial charge in [-0.3, -0.25) is 18.9 Å². The lowest BCUT2D eigenvalue weighted by molar-refractivity contribution is 0.264. The molecule has 130 valence electrons. The van der Waals surface area contributed by atoms with Crippen LogP contribution in [0.25, 0.3) is 11.2 Å². The van der Waals surface area contributed by atoms with Gasteiger partial charge in [-0.2, -0.15) is 4.98 Å². The Balaban J connectivity index is 2.22. The molecule has 0 amide bonds. The molecule has 0 unspecified atom stereocenters. The van der Waals surface area contributed by atoms with Gasteiger partial charge in [-0.1, -0.05) is 0 Å². The first-order valence-electron chi connectivity index (χ1n) is 7.88. The molecule has 0 spiro atoms. The Bertz CT molecular complexity index is 900. The number of anilines is 1. The molecule has 0 aliphatic carbocycles. The molecular weight excluding hydrogens is 314 g/mol. The fourth-order valence-corrected chi connectivity index (χ4v) is 3.09. The Morgan fingerprint density at radius 1 is 1.04 bits per heavy atom. The normalized spacial score (nSPS) is 15.5. The third-order valence-corrected chi connectivity index (χ3v) is 4.44. The molecule has 0 aromatic carbocycles. The van der Waals surface area contributed by atoms with Crippen LogP contribution in [0, 0.1) is 4.91 Å². The maximum Gasteiger partial charge on any atom is 0.332 e. The van der Waals surface area contributed by atoms with Gasteiger partial charge >= 0.3 is 5.69 Å². The van der Waals surface area contributed by atoms with Crippen molar-refractivity contribution in [3.8, 4) is 0 Å². The monoisotopic (exact) mass is 335 g/mol. The SMILES string of the molecule is CC(C)n1c(N2CCN(N=O)CC2)nc2c1c(=O)n(C)c(=O)n2C. The van der Waals surface area contributed by atoms with E-state index in [2.05, 4.69) is 10.3 Å². The van der Waals surface area contributed by atoms with Gasteiger partial charge in [-0.15, -0.1) is 4.91 Å². The third-order valence-electron chi connectivity index (χ3n) is 4.44. The zero-order chi connectivity index (χ0) is 17.6. The molecule has 0 radical (unpaired) electrons. The van der Waals surface area contributed by atoms with Gasteiger partial charge in [0.25, 0.3) is 5.56 Å². The smallest absolute Gasteiger partial charge is 0.332 e. The fraction of sp³-hybridized carbons (Fsp3) is 0.643. The van der Waals surface area contributed by atoms with Gasteiger partial charge in [0.2, 0.25) is 5.95 Å². The molecule has 1 saturated heterocycles. The number of fused-ring (bicyclic) bond motifs is 1. The van der Waals surface area contributed by atoms with Gasteiger partial charge in [0.1, 0.15) is 0 Å². The van der Waals surface area contributed by atoms with Crippen LogP contribution in [-0.4, -0.2) is 49.9 Å². The highest BCUT2D eigenvalue weighted by Crippen LogP contribution is 2.25. The van der Waals surface area contributed by atoms with E-state index in [9.17, 15) is 14.5 Å². The number of piperazine rings is 1. The molecule has 0 saturated carbocycles. The molecule has 3 heterocycles. The molecule has 1 aliphatic rings. The van der Waals surface area contributed by atoms with Crippen LogP contribution in [0.3, 0.4) is 0 Å². The summed E-state index contributed by atoms with van der Waals surface area (Å²) in [5, 5.41) is 4.42. The van der Waals surface area contributed by atoms with Crippen LogP contribution in [0.5, 0.6) is 0 Å². The van der Waals surface area contributed by atoms with Crippen molar-refractivity contribution in [2.75, 3.05) is 31.1 Å². The van der Waals surface area contributed by atoms with Crippen molar-refractivity contribution in [2.24, 2.45) is 19.4 Å². The molecule has 0 N–H and O–H groups in total. The molecular formula is C14H21N7O3. The summed E-state index contributed by atoms with van der Waals surface area (Å²) in [4.78, 5) is 42.0. The van der Waals surface area contributed by atoms with E-state index in [1.165, 1.54) is 16.6 Å². The van der Waals surface area contributed by atoms with Crippen molar-refractivity contribution in [1.82, 2.24) is 23.7 Å². The highest BCUT2D eigenvalue weighted by atomic mass is 16.3. The largest absolute Gasteiger partial charge is 0.338 e. The Morgan fingerprint density at radius 3 is 2.21 bits per heavy atom. The minimum Gasteiger partial charge on any atom is -0.338 e. The number of aromatic nitrogens is 4. The molecule has 10 nitrogen and oxygen atoms in total. The molecule has 3 rings (SSSR count). The van der Waals surface area contributed by atoms with Crippen molar-refractivity contribution in [3.63, 3.8) is 0 Å². The minimum absolute atomic E-state index is 0.00238. The molecule has 0 bridgehead atoms. The number of hydrogen-bond acceptors (Lipinski definition) is 6. The van der Waals surface area contributed by atoms with Crippen LogP contribution in [0.1, 0.15) is 19.9 Å². The summed E-state index contributed by atoms with van der Waals surface area (Å²) in [7, 11) is 3.08. The highest BCUT2D eigenvalue weighted by molar-refractivity contribution is 5.74. The van der Waals surface area contributed by atoms with Gasteiger partial charge in [0.05, 0.1) is 18.4 Å². The lowest BCUT2D eigenvalue weighted by Gasteiger charge is -2.32. The maximum absolute atomic E-state index is 12.6. The second-order valence-electron chi connectivity index (χ2n) is 6.28. The van der Waals surface area contributed by atoms with Crippen LogP contribution in [0.4, 0.5) is 5.95 Å². The predicted octanol–water partition coefficient (Wildman–Crippen LogP) is -0.182. The average Bonchev–Trinajstić information content (AvgIpc) is 2.99. The summed E-state index contributed by atoms with van der Waals surface area (Å²) in [6, 6.07) is -0.00238. The van der Waals surface area contributed by atoms with E-state index < -0.39 is 5.69 Å². The predicted molar refractivity (Wildman–Crippen MR) is 90.2 cm³/mol. The third kappa shape index (κ3) is 2.29. The van der Waals surface area contributed by atoms with Crippen molar-refractivity contribution in [3.05, 3.63) is 25.7 Å². The summed E-state index contributed by atoms with van der Waals surface area (Å²) >= 11 is 0. The second kappa shape index (κ2) is 5.77. The van der Waals surface area contributed by atoms with E-state index in [1.54, 1.807) is 7.05 Å². The van der Waals surface area contributed by atoms with Gasteiger partial charge in [-0.25, -0.2) is 4.79 Å². The number of hydrogen-bond donors (Lipinski definition) is 0. The van der Waals surface area contributed by atoms with Gasteiger partial charge < -0.3 is 9.47 Å². The second-order valence-corrected chi connectivity index (χ2v) is 6.28. The highest BCUT2D eigenvalue weighted by Gasteiger charge is 2.26. The quantitative estimate of drug-likeness (QED) is 0.722. The van der Waals surface area contributed by atoms with Gasteiger partial charge in [0, 0.05) is 33.2 Å². The van der Waals surface area contributed by atoms with Crippen molar-refractivity contribution >= 4 is 17.1 Å². The van der Waals surface area contributed by atoms with Crippen LogP contribution in [-0.2, 0) is 14.1 Å². The summed E-state index contributed by atoms with van der Waals surface area (Å²) in [6.07, 6.45) is 0. The molecule has 2 aromatic rings. The van der Waals surface area contributed by atoms with Crippen LogP contribution >= 0.6 is 0 Å². The van der Waals surface area contributed by atoms with Crippen molar-refractivity contribution < 1.29 is 0 Å².